The molecule has 0 spiro atoms. The van der Waals surface area contributed by atoms with Crippen LogP contribution in [-0.2, 0) is 4.79 Å². The van der Waals surface area contributed by atoms with Gasteiger partial charge in [0, 0.05) is 26.2 Å². The van der Waals surface area contributed by atoms with Crippen molar-refractivity contribution >= 4 is 5.97 Å². The maximum Gasteiger partial charge on any atom is 0.321 e. The van der Waals surface area contributed by atoms with Crippen LogP contribution < -0.4 is 5.73 Å². The number of hydrogen-bond acceptors (Lipinski definition) is 5. The van der Waals surface area contributed by atoms with Gasteiger partial charge in [-0.25, -0.2) is 0 Å². The van der Waals surface area contributed by atoms with E-state index >= 15 is 0 Å². The second kappa shape index (κ2) is 6.80. The van der Waals surface area contributed by atoms with Crippen molar-refractivity contribution in [1.29, 1.82) is 0 Å². The van der Waals surface area contributed by atoms with Crippen LogP contribution >= 0.6 is 0 Å². The molecule has 0 bridgehead atoms. The molecule has 94 valence electrons. The maximum atomic E-state index is 10.6. The highest BCUT2D eigenvalue weighted by atomic mass is 16.4. The largest absolute Gasteiger partial charge is 0.480 e. The third kappa shape index (κ3) is 4.44. The van der Waals surface area contributed by atoms with Gasteiger partial charge in [0.05, 0.1) is 6.61 Å². The van der Waals surface area contributed by atoms with Crippen molar-refractivity contribution in [2.75, 3.05) is 45.9 Å². The average Bonchev–Trinajstić information content (AvgIpc) is 2.44. The van der Waals surface area contributed by atoms with Gasteiger partial charge in [-0.1, -0.05) is 0 Å². The van der Waals surface area contributed by atoms with Gasteiger partial charge in [0.15, 0.2) is 0 Å². The number of hydrogen-bond donors (Lipinski definition) is 3. The molecule has 0 saturated carbocycles. The Morgan fingerprint density at radius 3 is 2.50 bits per heavy atom. The van der Waals surface area contributed by atoms with Crippen molar-refractivity contribution in [2.45, 2.75) is 12.5 Å². The zero-order valence-electron chi connectivity index (χ0n) is 9.51. The smallest absolute Gasteiger partial charge is 0.321 e. The SMILES string of the molecule is NC(CN1CCCN(CCO)CC1)C(=O)O. The van der Waals surface area contributed by atoms with Gasteiger partial charge >= 0.3 is 5.97 Å². The van der Waals surface area contributed by atoms with E-state index in [1.165, 1.54) is 0 Å². The van der Waals surface area contributed by atoms with E-state index in [-0.39, 0.29) is 6.61 Å². The number of nitrogens with two attached hydrogens (primary N) is 1. The quantitative estimate of drug-likeness (QED) is 0.528. The minimum Gasteiger partial charge on any atom is -0.480 e. The van der Waals surface area contributed by atoms with Crippen molar-refractivity contribution in [3.8, 4) is 0 Å². The van der Waals surface area contributed by atoms with Gasteiger partial charge < -0.3 is 15.9 Å². The van der Waals surface area contributed by atoms with E-state index in [9.17, 15) is 4.79 Å². The molecule has 1 aliphatic heterocycles. The van der Waals surface area contributed by atoms with Gasteiger partial charge in [0.2, 0.25) is 0 Å². The maximum absolute atomic E-state index is 10.6. The molecule has 1 atom stereocenters. The molecular formula is C10H21N3O3. The Morgan fingerprint density at radius 1 is 1.25 bits per heavy atom. The number of rotatable bonds is 5. The molecule has 4 N–H and O–H groups in total. The Balaban J connectivity index is 2.32. The van der Waals surface area contributed by atoms with Crippen LogP contribution in [0.3, 0.4) is 0 Å². The van der Waals surface area contributed by atoms with Crippen molar-refractivity contribution in [3.63, 3.8) is 0 Å². The van der Waals surface area contributed by atoms with Gasteiger partial charge in [-0.3, -0.25) is 14.6 Å². The monoisotopic (exact) mass is 231 g/mol. The van der Waals surface area contributed by atoms with Crippen molar-refractivity contribution in [1.82, 2.24) is 9.80 Å². The fourth-order valence-electron chi connectivity index (χ4n) is 1.93. The summed E-state index contributed by atoms with van der Waals surface area (Å²) < 4.78 is 0. The molecule has 0 radical (unpaired) electrons. The molecule has 6 heteroatoms. The normalized spacial score (nSPS) is 21.6. The summed E-state index contributed by atoms with van der Waals surface area (Å²) in [6, 6.07) is -0.801. The van der Waals surface area contributed by atoms with Gasteiger partial charge in [-0.2, -0.15) is 0 Å². The van der Waals surface area contributed by atoms with Crippen LogP contribution in [0.2, 0.25) is 0 Å². The fourth-order valence-corrected chi connectivity index (χ4v) is 1.93. The summed E-state index contributed by atoms with van der Waals surface area (Å²) in [5, 5.41) is 17.6. The molecule has 0 amide bonds. The van der Waals surface area contributed by atoms with E-state index in [2.05, 4.69) is 9.80 Å². The van der Waals surface area contributed by atoms with E-state index in [4.69, 9.17) is 15.9 Å². The summed E-state index contributed by atoms with van der Waals surface area (Å²) >= 11 is 0. The highest BCUT2D eigenvalue weighted by molar-refractivity contribution is 5.73. The van der Waals surface area contributed by atoms with E-state index in [1.54, 1.807) is 0 Å². The highest BCUT2D eigenvalue weighted by Gasteiger charge is 2.19. The molecular weight excluding hydrogens is 210 g/mol. The molecule has 1 saturated heterocycles. The minimum absolute atomic E-state index is 0.175. The lowest BCUT2D eigenvalue weighted by molar-refractivity contribution is -0.139. The zero-order valence-corrected chi connectivity index (χ0v) is 9.51. The third-order valence-electron chi connectivity index (χ3n) is 2.87. The average molecular weight is 231 g/mol. The zero-order chi connectivity index (χ0) is 12.0. The number of carboxylic acids is 1. The molecule has 6 nitrogen and oxygen atoms in total. The van der Waals surface area contributed by atoms with Gasteiger partial charge in [-0.15, -0.1) is 0 Å². The highest BCUT2D eigenvalue weighted by Crippen LogP contribution is 2.03. The Morgan fingerprint density at radius 2 is 1.88 bits per heavy atom. The molecule has 1 heterocycles. The number of aliphatic hydroxyl groups excluding tert-OH is 1. The number of carboxylic acid groups (broad SMARTS) is 1. The molecule has 1 rings (SSSR count). The van der Waals surface area contributed by atoms with Crippen LogP contribution in [0.15, 0.2) is 0 Å². The molecule has 16 heavy (non-hydrogen) atoms. The first-order valence-corrected chi connectivity index (χ1v) is 5.67. The molecule has 0 aliphatic carbocycles. The lowest BCUT2D eigenvalue weighted by Gasteiger charge is -2.22. The first-order chi connectivity index (χ1) is 7.63. The lowest BCUT2D eigenvalue weighted by Crippen LogP contribution is -2.44. The number of aliphatic hydroxyl groups is 1. The summed E-state index contributed by atoms with van der Waals surface area (Å²) in [6.07, 6.45) is 0.992. The molecule has 1 fully saturated rings. The minimum atomic E-state index is -0.948. The first-order valence-electron chi connectivity index (χ1n) is 5.67. The number of carbonyl (C=O) groups is 1. The van der Waals surface area contributed by atoms with Crippen molar-refractivity contribution in [2.24, 2.45) is 5.73 Å². The number of nitrogens with zero attached hydrogens (tertiary/aromatic N) is 2. The van der Waals surface area contributed by atoms with Crippen LogP contribution in [0.4, 0.5) is 0 Å². The second-order valence-corrected chi connectivity index (χ2v) is 4.16. The summed E-state index contributed by atoms with van der Waals surface area (Å²) in [6.45, 7) is 4.80. The molecule has 1 aliphatic rings. The Kier molecular flexibility index (Phi) is 5.68. The van der Waals surface area contributed by atoms with Crippen LogP contribution in [0.5, 0.6) is 0 Å². The van der Waals surface area contributed by atoms with E-state index in [1.807, 2.05) is 0 Å². The standard InChI is InChI=1S/C10H21N3O3/c11-9(10(15)16)8-13-3-1-2-12(4-5-13)6-7-14/h9,14H,1-8,11H2,(H,15,16). The van der Waals surface area contributed by atoms with Gasteiger partial charge in [0.1, 0.15) is 6.04 Å². The van der Waals surface area contributed by atoms with Crippen LogP contribution in [-0.4, -0.2) is 77.9 Å². The summed E-state index contributed by atoms with van der Waals surface area (Å²) in [5.74, 6) is -0.948. The Bertz CT molecular complexity index is 225. The van der Waals surface area contributed by atoms with E-state index in [0.29, 0.717) is 13.1 Å². The fraction of sp³-hybridized carbons (Fsp3) is 0.900. The van der Waals surface area contributed by atoms with Crippen molar-refractivity contribution in [3.05, 3.63) is 0 Å². The van der Waals surface area contributed by atoms with E-state index in [0.717, 1.165) is 32.6 Å². The van der Waals surface area contributed by atoms with Gasteiger partial charge in [0.25, 0.3) is 0 Å². The van der Waals surface area contributed by atoms with Gasteiger partial charge in [-0.05, 0) is 19.5 Å². The second-order valence-electron chi connectivity index (χ2n) is 4.16. The van der Waals surface area contributed by atoms with Crippen molar-refractivity contribution < 1.29 is 15.0 Å². The summed E-state index contributed by atoms with van der Waals surface area (Å²) in [4.78, 5) is 14.9. The van der Waals surface area contributed by atoms with Crippen LogP contribution in [0.1, 0.15) is 6.42 Å². The molecule has 1 unspecified atom stereocenters. The topological polar surface area (TPSA) is 90.0 Å². The molecule has 0 aromatic carbocycles. The molecule has 0 aromatic rings. The number of aliphatic carboxylic acids is 1. The summed E-state index contributed by atoms with van der Waals surface area (Å²) in [7, 11) is 0. The summed E-state index contributed by atoms with van der Waals surface area (Å²) in [5.41, 5.74) is 5.50. The predicted molar refractivity (Wildman–Crippen MR) is 60.2 cm³/mol. The predicted octanol–water partition coefficient (Wildman–Crippen LogP) is -1.60. The van der Waals surface area contributed by atoms with Crippen LogP contribution in [0.25, 0.3) is 0 Å². The Labute approximate surface area is 95.6 Å². The molecule has 0 aromatic heterocycles. The third-order valence-corrected chi connectivity index (χ3v) is 2.87. The first kappa shape index (κ1) is 13.4. The Hall–Kier alpha value is -0.690. The van der Waals surface area contributed by atoms with Crippen LogP contribution in [0, 0.1) is 0 Å². The lowest BCUT2D eigenvalue weighted by atomic mass is 10.3. The number of β-amino-alcohol motifs (C(OH)–C–C–N with tert-alkyl or cyclic N) is 1. The van der Waals surface area contributed by atoms with E-state index < -0.39 is 12.0 Å².